The third-order valence-electron chi connectivity index (χ3n) is 4.61. The Balaban J connectivity index is 1.63. The van der Waals surface area contributed by atoms with Crippen LogP contribution in [0.25, 0.3) is 11.3 Å². The molecule has 2 aromatic heterocycles. The van der Waals surface area contributed by atoms with E-state index in [4.69, 9.17) is 14.0 Å². The van der Waals surface area contributed by atoms with E-state index in [9.17, 15) is 4.79 Å². The van der Waals surface area contributed by atoms with Crippen LogP contribution in [0.3, 0.4) is 0 Å². The average Bonchev–Trinajstić information content (AvgIpc) is 3.25. The van der Waals surface area contributed by atoms with Gasteiger partial charge in [0.1, 0.15) is 5.75 Å². The van der Waals surface area contributed by atoms with Gasteiger partial charge in [-0.2, -0.15) is 0 Å². The Morgan fingerprint density at radius 3 is 3.00 bits per heavy atom. The van der Waals surface area contributed by atoms with Gasteiger partial charge in [0.05, 0.1) is 13.7 Å². The van der Waals surface area contributed by atoms with Crippen molar-refractivity contribution in [3.8, 4) is 17.1 Å². The van der Waals surface area contributed by atoms with Crippen LogP contribution >= 0.6 is 0 Å². The first-order valence-electron chi connectivity index (χ1n) is 8.67. The highest BCUT2D eigenvalue weighted by molar-refractivity contribution is 5.91. The van der Waals surface area contributed by atoms with Crippen molar-refractivity contribution in [2.24, 2.45) is 0 Å². The minimum atomic E-state index is -0.420. The van der Waals surface area contributed by atoms with E-state index in [0.29, 0.717) is 18.1 Å². The standard InChI is InChI=1S/C20H20N2O4/c1-3-25-20(23)18-16-8-7-14-11-22(12-17(14)19(16)26-21-18)10-13-5-4-6-15(9-13)24-2/h4-6,9,11-12H,3,7-8,10H2,1-2H3. The maximum absolute atomic E-state index is 12.0. The molecule has 0 N–H and O–H groups in total. The van der Waals surface area contributed by atoms with Gasteiger partial charge in [-0.15, -0.1) is 0 Å². The largest absolute Gasteiger partial charge is 0.497 e. The lowest BCUT2D eigenvalue weighted by Gasteiger charge is -2.09. The van der Waals surface area contributed by atoms with E-state index < -0.39 is 5.97 Å². The summed E-state index contributed by atoms with van der Waals surface area (Å²) in [6.07, 6.45) is 5.75. The minimum Gasteiger partial charge on any atom is -0.497 e. The van der Waals surface area contributed by atoms with Gasteiger partial charge in [0.2, 0.25) is 0 Å². The molecule has 1 aliphatic carbocycles. The van der Waals surface area contributed by atoms with E-state index in [1.165, 1.54) is 5.56 Å². The molecule has 1 aliphatic rings. The van der Waals surface area contributed by atoms with Gasteiger partial charge in [0, 0.05) is 30.1 Å². The van der Waals surface area contributed by atoms with E-state index in [0.717, 1.165) is 41.8 Å². The molecule has 0 atom stereocenters. The zero-order chi connectivity index (χ0) is 18.1. The van der Waals surface area contributed by atoms with Gasteiger partial charge in [0.25, 0.3) is 0 Å². The number of carbonyl (C=O) groups is 1. The number of nitrogens with zero attached hydrogens (tertiary/aromatic N) is 2. The molecule has 0 spiro atoms. The molecule has 0 bridgehead atoms. The minimum absolute atomic E-state index is 0.299. The molecular formula is C20H20N2O4. The molecule has 0 saturated heterocycles. The molecule has 6 heteroatoms. The molecule has 4 rings (SSSR count). The fourth-order valence-corrected chi connectivity index (χ4v) is 3.40. The second kappa shape index (κ2) is 6.71. The van der Waals surface area contributed by atoms with Crippen molar-refractivity contribution in [1.82, 2.24) is 9.72 Å². The first kappa shape index (κ1) is 16.4. The third-order valence-corrected chi connectivity index (χ3v) is 4.61. The Morgan fingerprint density at radius 2 is 2.19 bits per heavy atom. The second-order valence-electron chi connectivity index (χ2n) is 6.28. The highest BCUT2D eigenvalue weighted by Gasteiger charge is 2.29. The molecule has 0 amide bonds. The molecule has 3 aromatic rings. The van der Waals surface area contributed by atoms with Gasteiger partial charge in [-0.05, 0) is 43.0 Å². The highest BCUT2D eigenvalue weighted by Crippen LogP contribution is 2.36. The maximum atomic E-state index is 12.0. The van der Waals surface area contributed by atoms with Gasteiger partial charge < -0.3 is 18.6 Å². The number of benzene rings is 1. The number of fused-ring (bicyclic) bond motifs is 3. The van der Waals surface area contributed by atoms with Gasteiger partial charge in [-0.25, -0.2) is 4.79 Å². The third kappa shape index (κ3) is 2.87. The summed E-state index contributed by atoms with van der Waals surface area (Å²) >= 11 is 0. The van der Waals surface area contributed by atoms with Crippen LogP contribution in [0, 0.1) is 0 Å². The Labute approximate surface area is 151 Å². The van der Waals surface area contributed by atoms with E-state index in [-0.39, 0.29) is 0 Å². The molecule has 6 nitrogen and oxygen atoms in total. The molecule has 26 heavy (non-hydrogen) atoms. The van der Waals surface area contributed by atoms with Gasteiger partial charge >= 0.3 is 5.97 Å². The van der Waals surface area contributed by atoms with E-state index in [2.05, 4.69) is 22.0 Å². The zero-order valence-corrected chi connectivity index (χ0v) is 14.8. The number of esters is 1. The molecular weight excluding hydrogens is 332 g/mol. The van der Waals surface area contributed by atoms with Crippen molar-refractivity contribution < 1.29 is 18.8 Å². The number of aryl methyl sites for hydroxylation is 1. The quantitative estimate of drug-likeness (QED) is 0.658. The topological polar surface area (TPSA) is 66.5 Å². The Morgan fingerprint density at radius 1 is 1.31 bits per heavy atom. The van der Waals surface area contributed by atoms with Gasteiger partial charge in [-0.1, -0.05) is 17.3 Å². The van der Waals surface area contributed by atoms with Crippen molar-refractivity contribution in [2.45, 2.75) is 26.3 Å². The lowest BCUT2D eigenvalue weighted by atomic mass is 9.93. The zero-order valence-electron chi connectivity index (χ0n) is 14.8. The fraction of sp³-hybridized carbons (Fsp3) is 0.300. The molecule has 2 heterocycles. The van der Waals surface area contributed by atoms with Crippen LogP contribution in [-0.4, -0.2) is 29.4 Å². The van der Waals surface area contributed by atoms with E-state index >= 15 is 0 Å². The monoisotopic (exact) mass is 352 g/mol. The lowest BCUT2D eigenvalue weighted by Crippen LogP contribution is -2.10. The lowest BCUT2D eigenvalue weighted by molar-refractivity contribution is 0.0513. The number of carbonyl (C=O) groups excluding carboxylic acids is 1. The number of rotatable bonds is 5. The first-order chi connectivity index (χ1) is 12.7. The predicted octanol–water partition coefficient (Wildman–Crippen LogP) is 3.48. The number of methoxy groups -OCH3 is 1. The van der Waals surface area contributed by atoms with E-state index in [1.54, 1.807) is 14.0 Å². The smallest absolute Gasteiger partial charge is 0.360 e. The van der Waals surface area contributed by atoms with Crippen LogP contribution in [0.2, 0.25) is 0 Å². The molecule has 134 valence electrons. The molecule has 0 unspecified atom stereocenters. The van der Waals surface area contributed by atoms with Gasteiger partial charge in [-0.3, -0.25) is 0 Å². The molecule has 0 aliphatic heterocycles. The van der Waals surface area contributed by atoms with Crippen LogP contribution in [0.4, 0.5) is 0 Å². The summed E-state index contributed by atoms with van der Waals surface area (Å²) < 4.78 is 18.0. The summed E-state index contributed by atoms with van der Waals surface area (Å²) in [5.41, 5.74) is 4.49. The molecule has 1 aromatic carbocycles. The number of aromatic nitrogens is 2. The molecule has 0 saturated carbocycles. The van der Waals surface area contributed by atoms with Crippen molar-refractivity contribution >= 4 is 5.97 Å². The first-order valence-corrected chi connectivity index (χ1v) is 8.67. The normalized spacial score (nSPS) is 12.4. The van der Waals surface area contributed by atoms with Crippen LogP contribution in [0.5, 0.6) is 5.75 Å². The summed E-state index contributed by atoms with van der Waals surface area (Å²) in [4.78, 5) is 12.0. The van der Waals surface area contributed by atoms with Crippen LogP contribution < -0.4 is 4.74 Å². The maximum Gasteiger partial charge on any atom is 0.360 e. The summed E-state index contributed by atoms with van der Waals surface area (Å²) in [5, 5.41) is 3.96. The summed E-state index contributed by atoms with van der Waals surface area (Å²) in [7, 11) is 1.67. The number of ether oxygens (including phenoxy) is 2. The summed E-state index contributed by atoms with van der Waals surface area (Å²) in [5.74, 6) is 1.10. The number of hydrogen-bond acceptors (Lipinski definition) is 5. The second-order valence-corrected chi connectivity index (χ2v) is 6.28. The van der Waals surface area contributed by atoms with Crippen molar-refractivity contribution in [2.75, 3.05) is 13.7 Å². The summed E-state index contributed by atoms with van der Waals surface area (Å²) in [6.45, 7) is 2.84. The summed E-state index contributed by atoms with van der Waals surface area (Å²) in [6, 6.07) is 8.01. The predicted molar refractivity (Wildman–Crippen MR) is 95.4 cm³/mol. The Hall–Kier alpha value is -3.02. The van der Waals surface area contributed by atoms with Crippen LogP contribution in [0.1, 0.15) is 34.1 Å². The van der Waals surface area contributed by atoms with Crippen molar-refractivity contribution in [3.63, 3.8) is 0 Å². The molecule has 0 fully saturated rings. The van der Waals surface area contributed by atoms with Crippen LogP contribution in [0.15, 0.2) is 41.2 Å². The Kier molecular flexibility index (Phi) is 4.24. The fourth-order valence-electron chi connectivity index (χ4n) is 3.40. The van der Waals surface area contributed by atoms with Crippen molar-refractivity contribution in [3.05, 3.63) is 59.0 Å². The highest BCUT2D eigenvalue weighted by atomic mass is 16.5. The SMILES string of the molecule is CCOC(=O)c1noc2c1CCc1cn(Cc3cccc(OC)c3)cc1-2. The van der Waals surface area contributed by atoms with E-state index in [1.807, 2.05) is 24.4 Å². The molecule has 0 radical (unpaired) electrons. The van der Waals surface area contributed by atoms with Gasteiger partial charge in [0.15, 0.2) is 11.5 Å². The number of hydrogen-bond donors (Lipinski definition) is 0. The average molecular weight is 352 g/mol. The van der Waals surface area contributed by atoms with Crippen LogP contribution in [-0.2, 0) is 24.1 Å². The van der Waals surface area contributed by atoms with Crippen molar-refractivity contribution in [1.29, 1.82) is 0 Å². The Bertz CT molecular complexity index is 955.